The highest BCUT2D eigenvalue weighted by molar-refractivity contribution is 8.00. The van der Waals surface area contributed by atoms with Gasteiger partial charge in [0.2, 0.25) is 0 Å². The molecule has 0 amide bonds. The molecule has 0 spiro atoms. The van der Waals surface area contributed by atoms with Gasteiger partial charge in [-0.05, 0) is 49.8 Å². The molecule has 0 aromatic heterocycles. The van der Waals surface area contributed by atoms with Crippen LogP contribution in [0.3, 0.4) is 0 Å². The zero-order valence-corrected chi connectivity index (χ0v) is 11.3. The van der Waals surface area contributed by atoms with Crippen LogP contribution >= 0.6 is 11.8 Å². The van der Waals surface area contributed by atoms with Crippen molar-refractivity contribution < 1.29 is 5.11 Å². The van der Waals surface area contributed by atoms with Crippen molar-refractivity contribution in [1.29, 1.82) is 5.26 Å². The van der Waals surface area contributed by atoms with Crippen molar-refractivity contribution in [2.45, 2.75) is 48.7 Å². The normalized spacial score (nSPS) is 34.3. The second kappa shape index (κ2) is 4.29. The zero-order chi connectivity index (χ0) is 12.8. The fraction of sp³-hybridized carbons (Fsp3) is 0.533. The monoisotopic (exact) mass is 259 g/mol. The summed E-state index contributed by atoms with van der Waals surface area (Å²) in [5.74, 6) is 0. The van der Waals surface area contributed by atoms with Gasteiger partial charge < -0.3 is 5.11 Å². The number of hydrogen-bond donors (Lipinski definition) is 1. The van der Waals surface area contributed by atoms with Gasteiger partial charge in [0.05, 0.1) is 17.2 Å². The Kier molecular flexibility index (Phi) is 2.88. The molecule has 0 saturated carbocycles. The third kappa shape index (κ3) is 1.94. The predicted octanol–water partition coefficient (Wildman–Crippen LogP) is 3.11. The van der Waals surface area contributed by atoms with E-state index in [0.717, 1.165) is 24.0 Å². The maximum Gasteiger partial charge on any atom is 0.0994 e. The van der Waals surface area contributed by atoms with E-state index in [9.17, 15) is 5.11 Å². The van der Waals surface area contributed by atoms with Crippen molar-refractivity contribution in [3.63, 3.8) is 0 Å². The second-order valence-electron chi connectivity index (χ2n) is 5.54. The minimum absolute atomic E-state index is 0.615. The topological polar surface area (TPSA) is 44.0 Å². The van der Waals surface area contributed by atoms with Gasteiger partial charge in [-0.15, -0.1) is 0 Å². The highest BCUT2D eigenvalue weighted by Gasteiger charge is 2.44. The van der Waals surface area contributed by atoms with Crippen LogP contribution in [0, 0.1) is 18.3 Å². The Balaban J connectivity index is 1.94. The Morgan fingerprint density at radius 2 is 2.00 bits per heavy atom. The maximum absolute atomic E-state index is 10.9. The Bertz CT molecular complexity index is 508. The number of aryl methyl sites for hydroxylation is 1. The molecular weight excluding hydrogens is 242 g/mol. The fourth-order valence-corrected chi connectivity index (χ4v) is 5.06. The summed E-state index contributed by atoms with van der Waals surface area (Å²) < 4.78 is 0. The summed E-state index contributed by atoms with van der Waals surface area (Å²) in [7, 11) is 0. The van der Waals surface area contributed by atoms with Crippen molar-refractivity contribution in [2.75, 3.05) is 0 Å². The van der Waals surface area contributed by atoms with Crippen LogP contribution in [0.15, 0.2) is 18.2 Å². The van der Waals surface area contributed by atoms with Gasteiger partial charge in [-0.25, -0.2) is 0 Å². The van der Waals surface area contributed by atoms with Crippen LogP contribution in [-0.2, 0) is 5.60 Å². The highest BCUT2D eigenvalue weighted by Crippen LogP contribution is 2.51. The van der Waals surface area contributed by atoms with Gasteiger partial charge >= 0.3 is 0 Å². The van der Waals surface area contributed by atoms with Crippen molar-refractivity contribution in [3.8, 4) is 6.07 Å². The molecule has 2 bridgehead atoms. The highest BCUT2D eigenvalue weighted by atomic mass is 32.2. The predicted molar refractivity (Wildman–Crippen MR) is 73.4 cm³/mol. The van der Waals surface area contributed by atoms with E-state index in [1.54, 1.807) is 0 Å². The minimum Gasteiger partial charge on any atom is -0.385 e. The third-order valence-electron chi connectivity index (χ3n) is 4.21. The SMILES string of the molecule is Cc1cc(C2(O)CC3CCC(C2)S3)ccc1C#N. The molecule has 1 aromatic carbocycles. The number of hydrogen-bond acceptors (Lipinski definition) is 3. The van der Waals surface area contributed by atoms with Crippen LogP contribution in [0.1, 0.15) is 42.4 Å². The summed E-state index contributed by atoms with van der Waals surface area (Å²) in [5, 5.41) is 21.1. The van der Waals surface area contributed by atoms with Crippen LogP contribution in [0.5, 0.6) is 0 Å². The lowest BCUT2D eigenvalue weighted by Gasteiger charge is -2.36. The van der Waals surface area contributed by atoms with Crippen molar-refractivity contribution >= 4 is 11.8 Å². The number of aliphatic hydroxyl groups is 1. The lowest BCUT2D eigenvalue weighted by atomic mass is 9.84. The first kappa shape index (κ1) is 12.1. The lowest BCUT2D eigenvalue weighted by molar-refractivity contribution is 0.0196. The summed E-state index contributed by atoms with van der Waals surface area (Å²) in [5.41, 5.74) is 2.00. The number of benzene rings is 1. The van der Waals surface area contributed by atoms with Crippen LogP contribution < -0.4 is 0 Å². The molecule has 2 nitrogen and oxygen atoms in total. The molecule has 2 aliphatic heterocycles. The quantitative estimate of drug-likeness (QED) is 0.842. The summed E-state index contributed by atoms with van der Waals surface area (Å²) in [4.78, 5) is 0. The molecule has 2 fully saturated rings. The van der Waals surface area contributed by atoms with E-state index in [1.807, 2.05) is 36.9 Å². The molecule has 2 saturated heterocycles. The molecule has 2 unspecified atom stereocenters. The van der Waals surface area contributed by atoms with E-state index < -0.39 is 5.60 Å². The Morgan fingerprint density at radius 3 is 2.56 bits per heavy atom. The van der Waals surface area contributed by atoms with Gasteiger partial charge in [-0.1, -0.05) is 12.1 Å². The van der Waals surface area contributed by atoms with Gasteiger partial charge in [0.25, 0.3) is 0 Å². The fourth-order valence-electron chi connectivity index (χ4n) is 3.23. The molecule has 94 valence electrons. The molecule has 3 rings (SSSR count). The van der Waals surface area contributed by atoms with Crippen LogP contribution in [0.4, 0.5) is 0 Å². The average Bonchev–Trinajstić information content (AvgIpc) is 2.69. The van der Waals surface area contributed by atoms with Crippen LogP contribution in [0.2, 0.25) is 0 Å². The number of nitrogens with zero attached hydrogens (tertiary/aromatic N) is 1. The molecule has 3 heteroatoms. The molecule has 2 atom stereocenters. The first-order valence-electron chi connectivity index (χ1n) is 6.50. The minimum atomic E-state index is -0.671. The molecule has 0 aliphatic carbocycles. The molecule has 2 aliphatic rings. The lowest BCUT2D eigenvalue weighted by Crippen LogP contribution is -2.34. The smallest absolute Gasteiger partial charge is 0.0994 e. The Morgan fingerprint density at radius 1 is 1.33 bits per heavy atom. The Hall–Kier alpha value is -0.980. The first-order chi connectivity index (χ1) is 8.60. The number of thioether (sulfide) groups is 1. The molecule has 1 N–H and O–H groups in total. The van der Waals surface area contributed by atoms with Gasteiger partial charge in [0, 0.05) is 10.5 Å². The van der Waals surface area contributed by atoms with Crippen molar-refractivity contribution in [3.05, 3.63) is 34.9 Å². The Labute approximate surface area is 112 Å². The van der Waals surface area contributed by atoms with Crippen LogP contribution in [-0.4, -0.2) is 15.6 Å². The summed E-state index contributed by atoms with van der Waals surface area (Å²) in [6, 6.07) is 7.95. The van der Waals surface area contributed by atoms with Gasteiger partial charge in [0.15, 0.2) is 0 Å². The second-order valence-corrected chi connectivity index (χ2v) is 7.14. The third-order valence-corrected chi connectivity index (χ3v) is 5.78. The van der Waals surface area contributed by atoms with E-state index in [0.29, 0.717) is 16.1 Å². The van der Waals surface area contributed by atoms with E-state index >= 15 is 0 Å². The van der Waals surface area contributed by atoms with Crippen LogP contribution in [0.25, 0.3) is 0 Å². The maximum atomic E-state index is 10.9. The zero-order valence-electron chi connectivity index (χ0n) is 10.5. The average molecular weight is 259 g/mol. The van der Waals surface area contributed by atoms with Crippen molar-refractivity contribution in [1.82, 2.24) is 0 Å². The van der Waals surface area contributed by atoms with Gasteiger partial charge in [-0.2, -0.15) is 17.0 Å². The number of fused-ring (bicyclic) bond motifs is 2. The molecule has 1 aromatic rings. The standard InChI is InChI=1S/C15H17NOS/c1-10-6-12(3-2-11(10)9-16)15(17)7-13-4-5-14(8-15)18-13/h2-3,6,13-14,17H,4-5,7-8H2,1H3. The van der Waals surface area contributed by atoms with Crippen molar-refractivity contribution in [2.24, 2.45) is 0 Å². The number of rotatable bonds is 1. The molecule has 18 heavy (non-hydrogen) atoms. The first-order valence-corrected chi connectivity index (χ1v) is 7.44. The van der Waals surface area contributed by atoms with Gasteiger partial charge in [-0.3, -0.25) is 0 Å². The summed E-state index contributed by atoms with van der Waals surface area (Å²) in [6.45, 7) is 1.94. The summed E-state index contributed by atoms with van der Waals surface area (Å²) in [6.07, 6.45) is 4.21. The van der Waals surface area contributed by atoms with E-state index in [2.05, 4.69) is 6.07 Å². The summed E-state index contributed by atoms with van der Waals surface area (Å²) >= 11 is 2.05. The molecule has 2 heterocycles. The van der Waals surface area contributed by atoms with Gasteiger partial charge in [0.1, 0.15) is 0 Å². The van der Waals surface area contributed by atoms with E-state index in [-0.39, 0.29) is 0 Å². The number of nitriles is 1. The largest absolute Gasteiger partial charge is 0.385 e. The van der Waals surface area contributed by atoms with E-state index in [1.165, 1.54) is 12.8 Å². The van der Waals surface area contributed by atoms with E-state index in [4.69, 9.17) is 5.26 Å². The molecule has 0 radical (unpaired) electrons. The molecular formula is C15H17NOS.